The van der Waals surface area contributed by atoms with Gasteiger partial charge in [-0.25, -0.2) is 4.85 Å². The van der Waals surface area contributed by atoms with Gasteiger partial charge >= 0.3 is 0 Å². The normalized spacial score (nSPS) is 9.08. The van der Waals surface area contributed by atoms with Gasteiger partial charge in [0.15, 0.2) is 5.69 Å². The summed E-state index contributed by atoms with van der Waals surface area (Å²) in [7, 11) is 0. The van der Waals surface area contributed by atoms with E-state index < -0.39 is 0 Å². The van der Waals surface area contributed by atoms with Crippen LogP contribution in [0, 0.1) is 6.57 Å². The van der Waals surface area contributed by atoms with Gasteiger partial charge in [-0.15, -0.1) is 0 Å². The second-order valence-electron chi connectivity index (χ2n) is 2.55. The van der Waals surface area contributed by atoms with Crippen molar-refractivity contribution < 1.29 is 0 Å². The molecule has 0 aliphatic rings. The molecule has 0 aromatic heterocycles. The molecule has 0 radical (unpaired) electrons. The number of nitrogens with zero attached hydrogens (tertiary/aromatic N) is 1. The Morgan fingerprint density at radius 3 is 2.75 bits per heavy atom. The first-order chi connectivity index (χ1) is 5.65. The van der Waals surface area contributed by atoms with Gasteiger partial charge in [0.05, 0.1) is 6.57 Å². The van der Waals surface area contributed by atoms with Crippen molar-refractivity contribution in [2.24, 2.45) is 0 Å². The number of hydrogen-bond donors (Lipinski definition) is 0. The van der Waals surface area contributed by atoms with Crippen molar-refractivity contribution in [2.75, 3.05) is 0 Å². The number of allylic oxidation sites excluding steroid dienone is 1. The van der Waals surface area contributed by atoms with Gasteiger partial charge in [-0.2, -0.15) is 0 Å². The lowest BCUT2D eigenvalue weighted by molar-refractivity contribution is 1.57. The molecule has 1 aromatic rings. The second-order valence-corrected chi connectivity index (χ2v) is 3.47. The zero-order valence-corrected chi connectivity index (χ0v) is 8.35. The van der Waals surface area contributed by atoms with Crippen molar-refractivity contribution in [1.29, 1.82) is 0 Å². The highest BCUT2D eigenvalue weighted by molar-refractivity contribution is 9.10. The molecular formula is C10H8BrN. The topological polar surface area (TPSA) is 4.36 Å². The fourth-order valence-corrected chi connectivity index (χ4v) is 1.31. The van der Waals surface area contributed by atoms with E-state index in [-0.39, 0.29) is 0 Å². The molecule has 0 unspecified atom stereocenters. The van der Waals surface area contributed by atoms with Crippen molar-refractivity contribution in [3.8, 4) is 0 Å². The summed E-state index contributed by atoms with van der Waals surface area (Å²) in [5, 5.41) is 0. The Morgan fingerprint density at radius 1 is 1.58 bits per heavy atom. The lowest BCUT2D eigenvalue weighted by Gasteiger charge is -2.02. The van der Waals surface area contributed by atoms with E-state index >= 15 is 0 Å². The van der Waals surface area contributed by atoms with E-state index in [0.29, 0.717) is 5.69 Å². The first kappa shape index (κ1) is 9.02. The molecule has 1 rings (SSSR count). The maximum atomic E-state index is 6.94. The fourth-order valence-electron chi connectivity index (χ4n) is 0.958. The summed E-state index contributed by atoms with van der Waals surface area (Å²) in [5.74, 6) is 0. The Kier molecular flexibility index (Phi) is 2.67. The average Bonchev–Trinajstić information content (AvgIpc) is 2.03. The van der Waals surface area contributed by atoms with Crippen LogP contribution in [0.4, 0.5) is 5.69 Å². The van der Waals surface area contributed by atoms with Gasteiger partial charge in [0.2, 0.25) is 0 Å². The Bertz CT molecular complexity index is 361. The smallest absolute Gasteiger partial charge is 0.195 e. The van der Waals surface area contributed by atoms with Crippen molar-refractivity contribution in [3.05, 3.63) is 46.2 Å². The van der Waals surface area contributed by atoms with Crippen LogP contribution in [0.15, 0.2) is 29.3 Å². The molecule has 2 heteroatoms. The molecule has 12 heavy (non-hydrogen) atoms. The first-order valence-corrected chi connectivity index (χ1v) is 4.27. The minimum absolute atomic E-state index is 0.650. The molecule has 0 fully saturated rings. The van der Waals surface area contributed by atoms with Gasteiger partial charge in [0.1, 0.15) is 0 Å². The highest BCUT2D eigenvalue weighted by Gasteiger charge is 2.02. The third-order valence-corrected chi connectivity index (χ3v) is 2.03. The number of benzene rings is 1. The predicted molar refractivity (Wildman–Crippen MR) is 55.1 cm³/mol. The van der Waals surface area contributed by atoms with Gasteiger partial charge in [-0.05, 0) is 24.6 Å². The molecular weight excluding hydrogens is 214 g/mol. The molecule has 0 saturated heterocycles. The molecule has 0 aliphatic heterocycles. The van der Waals surface area contributed by atoms with Crippen LogP contribution in [0.5, 0.6) is 0 Å². The molecule has 0 amide bonds. The minimum Gasteiger partial charge on any atom is -0.237 e. The van der Waals surface area contributed by atoms with E-state index in [1.807, 2.05) is 19.1 Å². The summed E-state index contributed by atoms with van der Waals surface area (Å²) < 4.78 is 0.929. The summed E-state index contributed by atoms with van der Waals surface area (Å²) in [6.07, 6.45) is 0. The number of rotatable bonds is 1. The molecule has 1 nitrogen and oxygen atoms in total. The average molecular weight is 222 g/mol. The molecule has 1 aromatic carbocycles. The summed E-state index contributed by atoms with van der Waals surface area (Å²) >= 11 is 3.31. The van der Waals surface area contributed by atoms with E-state index in [9.17, 15) is 0 Å². The van der Waals surface area contributed by atoms with E-state index in [1.54, 1.807) is 6.07 Å². The van der Waals surface area contributed by atoms with Crippen molar-refractivity contribution in [1.82, 2.24) is 0 Å². The molecule has 0 heterocycles. The van der Waals surface area contributed by atoms with Gasteiger partial charge < -0.3 is 0 Å². The van der Waals surface area contributed by atoms with Crippen LogP contribution in [0.1, 0.15) is 12.5 Å². The van der Waals surface area contributed by atoms with Crippen LogP contribution >= 0.6 is 15.9 Å². The molecule has 0 saturated carbocycles. The molecule has 0 N–H and O–H groups in total. The highest BCUT2D eigenvalue weighted by atomic mass is 79.9. The van der Waals surface area contributed by atoms with Crippen molar-refractivity contribution in [2.45, 2.75) is 6.92 Å². The third-order valence-electron chi connectivity index (χ3n) is 1.54. The van der Waals surface area contributed by atoms with E-state index in [1.165, 1.54) is 0 Å². The Hall–Kier alpha value is -1.07. The second kappa shape index (κ2) is 3.55. The minimum atomic E-state index is 0.650. The van der Waals surface area contributed by atoms with Crippen LogP contribution in [-0.2, 0) is 0 Å². The van der Waals surface area contributed by atoms with Crippen LogP contribution < -0.4 is 0 Å². The summed E-state index contributed by atoms with van der Waals surface area (Å²) in [6.45, 7) is 12.6. The maximum Gasteiger partial charge on any atom is 0.195 e. The van der Waals surface area contributed by atoms with Crippen LogP contribution in [0.2, 0.25) is 0 Å². The van der Waals surface area contributed by atoms with Gasteiger partial charge in [0, 0.05) is 4.47 Å². The Labute approximate surface area is 80.7 Å². The van der Waals surface area contributed by atoms with E-state index in [0.717, 1.165) is 15.6 Å². The number of hydrogen-bond acceptors (Lipinski definition) is 0. The van der Waals surface area contributed by atoms with Crippen LogP contribution in [0.25, 0.3) is 10.4 Å². The maximum absolute atomic E-state index is 6.94. The monoisotopic (exact) mass is 221 g/mol. The molecule has 0 spiro atoms. The zero-order valence-electron chi connectivity index (χ0n) is 6.76. The molecule has 60 valence electrons. The summed E-state index contributed by atoms with van der Waals surface area (Å²) in [5.41, 5.74) is 2.50. The predicted octanol–water partition coefficient (Wildman–Crippen LogP) is 4.03. The molecule has 0 aliphatic carbocycles. The third kappa shape index (κ3) is 1.75. The standard InChI is InChI=1S/C10H8BrN/c1-7(2)9-5-4-8(11)6-10(9)12-3/h4-6H,1H2,2H3. The largest absolute Gasteiger partial charge is 0.237 e. The Morgan fingerprint density at radius 2 is 2.25 bits per heavy atom. The van der Waals surface area contributed by atoms with Crippen molar-refractivity contribution >= 4 is 27.2 Å². The highest BCUT2D eigenvalue weighted by Crippen LogP contribution is 2.28. The Balaban J connectivity index is 3.32. The zero-order chi connectivity index (χ0) is 9.14. The van der Waals surface area contributed by atoms with Gasteiger partial charge in [-0.1, -0.05) is 34.1 Å². The van der Waals surface area contributed by atoms with Gasteiger partial charge in [-0.3, -0.25) is 0 Å². The van der Waals surface area contributed by atoms with Crippen LogP contribution in [0.3, 0.4) is 0 Å². The summed E-state index contributed by atoms with van der Waals surface area (Å²) in [6, 6.07) is 5.62. The SMILES string of the molecule is [C-]#[N+]c1cc(Br)ccc1C(=C)C. The van der Waals surface area contributed by atoms with Crippen molar-refractivity contribution in [3.63, 3.8) is 0 Å². The van der Waals surface area contributed by atoms with Crippen LogP contribution in [-0.4, -0.2) is 0 Å². The quantitative estimate of drug-likeness (QED) is 0.631. The fraction of sp³-hybridized carbons (Fsp3) is 0.100. The first-order valence-electron chi connectivity index (χ1n) is 3.48. The summed E-state index contributed by atoms with van der Waals surface area (Å²) in [4.78, 5) is 3.41. The molecule has 0 bridgehead atoms. The lowest BCUT2D eigenvalue weighted by Crippen LogP contribution is -1.77. The lowest BCUT2D eigenvalue weighted by atomic mass is 10.1. The molecule has 0 atom stereocenters. The van der Waals surface area contributed by atoms with E-state index in [4.69, 9.17) is 6.57 Å². The van der Waals surface area contributed by atoms with Gasteiger partial charge in [0.25, 0.3) is 0 Å². The van der Waals surface area contributed by atoms with E-state index in [2.05, 4.69) is 27.4 Å². The number of halogens is 1.